The van der Waals surface area contributed by atoms with Gasteiger partial charge in [-0.05, 0) is 6.42 Å². The Morgan fingerprint density at radius 1 is 0.636 bits per heavy atom. The van der Waals surface area contributed by atoms with E-state index in [0.29, 0.717) is 6.42 Å². The van der Waals surface area contributed by atoms with E-state index in [9.17, 15) is 8.78 Å². The van der Waals surface area contributed by atoms with Crippen LogP contribution in [0.15, 0.2) is 0 Å². The summed E-state index contributed by atoms with van der Waals surface area (Å²) in [6, 6.07) is 0. The maximum absolute atomic E-state index is 13.2. The van der Waals surface area contributed by atoms with Crippen LogP contribution in [0.3, 0.4) is 0 Å². The summed E-state index contributed by atoms with van der Waals surface area (Å²) in [5.41, 5.74) is -2.79. The Morgan fingerprint density at radius 3 is 1.27 bits per heavy atom. The molecule has 0 bridgehead atoms. The van der Waals surface area contributed by atoms with Crippen molar-refractivity contribution in [1.29, 1.82) is 0 Å². The van der Waals surface area contributed by atoms with Crippen LogP contribution in [-0.2, 0) is 0 Å². The lowest BCUT2D eigenvalue weighted by Crippen LogP contribution is -2.28. The first kappa shape index (κ1) is 22.7. The van der Waals surface area contributed by atoms with Crippen LogP contribution in [-0.4, -0.2) is 13.0 Å². The molecule has 0 aliphatic heterocycles. The number of rotatable bonds is 16. The molecule has 0 nitrogen and oxygen atoms in total. The molecule has 0 unspecified atom stereocenters. The summed E-state index contributed by atoms with van der Waals surface area (Å²) in [7, 11) is -2.86. The van der Waals surface area contributed by atoms with E-state index in [1.165, 1.54) is 70.6 Å². The van der Waals surface area contributed by atoms with Crippen LogP contribution in [0.4, 0.5) is 8.78 Å². The molecule has 0 fully saturated rings. The highest BCUT2D eigenvalue weighted by atomic mass is 35.7. The zero-order valence-electron chi connectivity index (χ0n) is 14.2. The molecule has 0 atom stereocenters. The predicted molar refractivity (Wildman–Crippen MR) is 98.7 cm³/mol. The first-order valence-electron chi connectivity index (χ1n) is 9.16. The molecule has 0 aromatic rings. The molecule has 0 N–H and O–H groups in total. The summed E-state index contributed by atoms with van der Waals surface area (Å²) in [4.78, 5) is 0. The van der Waals surface area contributed by atoms with Crippen molar-refractivity contribution in [3.8, 4) is 0 Å². The van der Waals surface area contributed by atoms with Crippen LogP contribution < -0.4 is 0 Å². The lowest BCUT2D eigenvalue weighted by atomic mass is 10.0. The van der Waals surface area contributed by atoms with Crippen molar-refractivity contribution in [1.82, 2.24) is 0 Å². The van der Waals surface area contributed by atoms with Gasteiger partial charge in [0.25, 0.3) is 5.55 Å². The molecule has 0 radical (unpaired) electrons. The molecule has 0 amide bonds. The minimum Gasteiger partial charge on any atom is -0.209 e. The van der Waals surface area contributed by atoms with Crippen molar-refractivity contribution in [2.75, 3.05) is 0 Å². The highest BCUT2D eigenvalue weighted by molar-refractivity contribution is 7.34. The smallest absolute Gasteiger partial charge is 0.209 e. The number of halogens is 4. The molecule has 0 heterocycles. The molecule has 22 heavy (non-hydrogen) atoms. The van der Waals surface area contributed by atoms with Gasteiger partial charge in [-0.15, -0.1) is 22.2 Å². The van der Waals surface area contributed by atoms with E-state index in [1.54, 1.807) is 0 Å². The van der Waals surface area contributed by atoms with E-state index in [0.717, 1.165) is 12.8 Å². The highest BCUT2D eigenvalue weighted by Gasteiger charge is 2.38. The minimum absolute atomic E-state index is 0.130. The largest absolute Gasteiger partial charge is 0.312 e. The van der Waals surface area contributed by atoms with Crippen LogP contribution in [0.1, 0.15) is 103 Å². The zero-order chi connectivity index (χ0) is 16.7. The average molecular weight is 375 g/mol. The van der Waals surface area contributed by atoms with Crippen LogP contribution in [0.5, 0.6) is 0 Å². The van der Waals surface area contributed by atoms with Crippen LogP contribution in [0.25, 0.3) is 0 Å². The van der Waals surface area contributed by atoms with Gasteiger partial charge in [0.2, 0.25) is 0 Å². The van der Waals surface area contributed by atoms with Crippen molar-refractivity contribution < 1.29 is 8.78 Å². The van der Waals surface area contributed by atoms with E-state index < -0.39 is 13.0 Å². The maximum Gasteiger partial charge on any atom is 0.312 e. The summed E-state index contributed by atoms with van der Waals surface area (Å²) < 4.78 is 26.4. The number of unbranched alkanes of at least 4 members (excludes halogenated alkanes) is 13. The van der Waals surface area contributed by atoms with Crippen LogP contribution >= 0.6 is 22.2 Å². The summed E-state index contributed by atoms with van der Waals surface area (Å²) in [6.07, 6.45) is 17.0. The summed E-state index contributed by atoms with van der Waals surface area (Å²) >= 11 is 10.8. The molecule has 0 aliphatic rings. The van der Waals surface area contributed by atoms with Gasteiger partial charge in [0, 0.05) is 6.42 Å². The van der Waals surface area contributed by atoms with Crippen molar-refractivity contribution in [2.24, 2.45) is 0 Å². The third-order valence-corrected chi connectivity index (χ3v) is 7.03. The van der Waals surface area contributed by atoms with Gasteiger partial charge >= 0.3 is 7.42 Å². The standard InChI is InChI=1S/C17H34Cl2F2Si/c1-2-3-4-5-6-7-8-9-10-11-12-13-14-15-16-17(20,21)22(18)19/h22H,2-16H2,1H3. The Bertz CT molecular complexity index is 239. The monoisotopic (exact) mass is 374 g/mol. The molecule has 0 rings (SSSR count). The van der Waals surface area contributed by atoms with Crippen molar-refractivity contribution in [2.45, 2.75) is 109 Å². The van der Waals surface area contributed by atoms with E-state index in [4.69, 9.17) is 22.2 Å². The van der Waals surface area contributed by atoms with E-state index in [1.807, 2.05) is 0 Å². The first-order chi connectivity index (χ1) is 10.5. The lowest BCUT2D eigenvalue weighted by Gasteiger charge is -2.15. The quantitative estimate of drug-likeness (QED) is 0.147. The number of hydrogen-bond donors (Lipinski definition) is 0. The van der Waals surface area contributed by atoms with E-state index >= 15 is 0 Å². The first-order valence-corrected chi connectivity index (χ1v) is 13.2. The lowest BCUT2D eigenvalue weighted by molar-refractivity contribution is 0.0784. The Hall–Kier alpha value is 0.657. The minimum atomic E-state index is -2.86. The Balaban J connectivity index is 3.15. The Morgan fingerprint density at radius 2 is 0.955 bits per heavy atom. The highest BCUT2D eigenvalue weighted by Crippen LogP contribution is 2.29. The molecule has 0 aromatic heterocycles. The van der Waals surface area contributed by atoms with Gasteiger partial charge in [-0.2, -0.15) is 0 Å². The van der Waals surface area contributed by atoms with Gasteiger partial charge in [0.05, 0.1) is 0 Å². The second-order valence-corrected chi connectivity index (χ2v) is 11.1. The predicted octanol–water partition coefficient (Wildman–Crippen LogP) is 7.73. The molecule has 0 spiro atoms. The number of hydrogen-bond acceptors (Lipinski definition) is 0. The van der Waals surface area contributed by atoms with Crippen LogP contribution in [0, 0.1) is 0 Å². The van der Waals surface area contributed by atoms with E-state index in [2.05, 4.69) is 6.92 Å². The fourth-order valence-corrected chi connectivity index (χ4v) is 3.74. The van der Waals surface area contributed by atoms with Gasteiger partial charge in [-0.1, -0.05) is 90.4 Å². The maximum atomic E-state index is 13.2. The van der Waals surface area contributed by atoms with Gasteiger partial charge in [-0.25, -0.2) is 8.78 Å². The number of alkyl halides is 2. The van der Waals surface area contributed by atoms with Crippen molar-refractivity contribution in [3.05, 3.63) is 0 Å². The summed E-state index contributed by atoms with van der Waals surface area (Å²) in [5.74, 6) is 0. The van der Waals surface area contributed by atoms with E-state index in [-0.39, 0.29) is 6.42 Å². The SMILES string of the molecule is CCCCCCCCCCCCCCCCC(F)(F)[SiH](Cl)Cl. The molecule has 0 saturated carbocycles. The van der Waals surface area contributed by atoms with Gasteiger partial charge in [-0.3, -0.25) is 0 Å². The third kappa shape index (κ3) is 14.3. The fourth-order valence-electron chi connectivity index (χ4n) is 2.66. The Labute approximate surface area is 147 Å². The third-order valence-electron chi connectivity index (χ3n) is 4.18. The normalized spacial score (nSPS) is 12.3. The molecular weight excluding hydrogens is 341 g/mol. The molecular formula is C17H34Cl2F2Si. The topological polar surface area (TPSA) is 0 Å². The fraction of sp³-hybridized carbons (Fsp3) is 1.00. The molecule has 134 valence electrons. The van der Waals surface area contributed by atoms with Crippen molar-refractivity contribution in [3.63, 3.8) is 0 Å². The second-order valence-electron chi connectivity index (χ2n) is 6.41. The van der Waals surface area contributed by atoms with Gasteiger partial charge < -0.3 is 0 Å². The molecule has 0 saturated heterocycles. The molecule has 0 aromatic carbocycles. The van der Waals surface area contributed by atoms with Crippen molar-refractivity contribution >= 4 is 29.6 Å². The summed E-state index contributed by atoms with van der Waals surface area (Å²) in [6.45, 7) is 2.25. The van der Waals surface area contributed by atoms with Crippen LogP contribution in [0.2, 0.25) is 0 Å². The molecule has 5 heteroatoms. The van der Waals surface area contributed by atoms with Gasteiger partial charge in [0.15, 0.2) is 0 Å². The summed E-state index contributed by atoms with van der Waals surface area (Å²) in [5, 5.41) is 0. The van der Waals surface area contributed by atoms with Gasteiger partial charge in [0.1, 0.15) is 0 Å². The zero-order valence-corrected chi connectivity index (χ0v) is 16.9. The molecule has 0 aliphatic carbocycles. The average Bonchev–Trinajstić information content (AvgIpc) is 2.47. The Kier molecular flexibility index (Phi) is 15.7. The second kappa shape index (κ2) is 15.2.